The fraction of sp³-hybridized carbons (Fsp3) is 0. The lowest BCUT2D eigenvalue weighted by Crippen LogP contribution is -1.97. The van der Waals surface area contributed by atoms with Crippen molar-refractivity contribution in [1.82, 2.24) is 14.6 Å². The predicted octanol–water partition coefficient (Wildman–Crippen LogP) is 5.99. The summed E-state index contributed by atoms with van der Waals surface area (Å²) in [5.41, 5.74) is 3.92. The Kier molecular flexibility index (Phi) is 4.23. The Bertz CT molecular complexity index is 1200. The van der Waals surface area contributed by atoms with E-state index in [0.29, 0.717) is 0 Å². The Morgan fingerprint density at radius 3 is 2.50 bits per heavy atom. The normalized spacial score (nSPS) is 10.9. The number of benzene rings is 2. The number of hydrogen-bond donors (Lipinski definition) is 1. The number of aromatic nitrogens is 3. The maximum Gasteiger partial charge on any atom is 0.165 e. The molecule has 2 aromatic carbocycles. The van der Waals surface area contributed by atoms with Crippen molar-refractivity contribution < 1.29 is 4.74 Å². The molecular weight excluding hydrogens is 368 g/mol. The molecule has 0 saturated carbocycles. The molecule has 0 radical (unpaired) electrons. The zero-order valence-corrected chi connectivity index (χ0v) is 15.6. The smallest absolute Gasteiger partial charge is 0.165 e. The van der Waals surface area contributed by atoms with E-state index in [4.69, 9.17) is 9.72 Å². The summed E-state index contributed by atoms with van der Waals surface area (Å²) in [6, 6.07) is 21.5. The summed E-state index contributed by atoms with van der Waals surface area (Å²) in [5.74, 6) is 2.37. The van der Waals surface area contributed by atoms with Crippen LogP contribution in [0.4, 0.5) is 11.5 Å². The van der Waals surface area contributed by atoms with Crippen molar-refractivity contribution in [2.75, 3.05) is 5.32 Å². The number of para-hydroxylation sites is 1. The van der Waals surface area contributed by atoms with Crippen LogP contribution in [0.25, 0.3) is 16.8 Å². The minimum atomic E-state index is 0.765. The SMILES string of the molecule is c1ccc(Oc2ccc(Nc3ccn4ncc(-c5ccsc5)c4n3)cc2)cc1. The first-order valence-electron chi connectivity index (χ1n) is 8.82. The Morgan fingerprint density at radius 1 is 0.893 bits per heavy atom. The average molecular weight is 384 g/mol. The van der Waals surface area contributed by atoms with E-state index in [1.165, 1.54) is 0 Å². The number of rotatable bonds is 5. The van der Waals surface area contributed by atoms with Crippen molar-refractivity contribution in [2.24, 2.45) is 0 Å². The Morgan fingerprint density at radius 2 is 1.71 bits per heavy atom. The minimum absolute atomic E-state index is 0.765. The second kappa shape index (κ2) is 7.17. The zero-order valence-electron chi connectivity index (χ0n) is 14.8. The molecule has 0 aliphatic heterocycles. The molecule has 0 bridgehead atoms. The van der Waals surface area contributed by atoms with Gasteiger partial charge in [-0.3, -0.25) is 0 Å². The van der Waals surface area contributed by atoms with E-state index in [2.05, 4.69) is 27.2 Å². The van der Waals surface area contributed by atoms with Gasteiger partial charge < -0.3 is 10.1 Å². The second-order valence-electron chi connectivity index (χ2n) is 6.22. The van der Waals surface area contributed by atoms with Crippen molar-refractivity contribution in [3.8, 4) is 22.6 Å². The van der Waals surface area contributed by atoms with Crippen LogP contribution in [0, 0.1) is 0 Å². The zero-order chi connectivity index (χ0) is 18.8. The largest absolute Gasteiger partial charge is 0.457 e. The maximum atomic E-state index is 5.83. The molecule has 3 aromatic heterocycles. The summed E-state index contributed by atoms with van der Waals surface area (Å²) in [6.07, 6.45) is 3.76. The number of thiophene rings is 1. The molecule has 6 heteroatoms. The lowest BCUT2D eigenvalue weighted by atomic mass is 10.2. The molecule has 0 unspecified atom stereocenters. The molecule has 0 aliphatic rings. The maximum absolute atomic E-state index is 5.83. The Hall–Kier alpha value is -3.64. The molecule has 0 amide bonds. The first-order valence-corrected chi connectivity index (χ1v) is 9.76. The van der Waals surface area contributed by atoms with Gasteiger partial charge in [0.1, 0.15) is 17.3 Å². The molecule has 5 nitrogen and oxygen atoms in total. The van der Waals surface area contributed by atoms with Crippen molar-refractivity contribution in [3.63, 3.8) is 0 Å². The molecule has 0 fully saturated rings. The number of anilines is 2. The van der Waals surface area contributed by atoms with Gasteiger partial charge in [0.2, 0.25) is 0 Å². The quantitative estimate of drug-likeness (QED) is 0.404. The highest BCUT2D eigenvalue weighted by Gasteiger charge is 2.09. The fourth-order valence-corrected chi connectivity index (χ4v) is 3.59. The van der Waals surface area contributed by atoms with E-state index in [1.54, 1.807) is 15.9 Å². The third kappa shape index (κ3) is 3.33. The minimum Gasteiger partial charge on any atom is -0.457 e. The number of ether oxygens (including phenoxy) is 1. The molecular formula is C22H16N4OS. The lowest BCUT2D eigenvalue weighted by molar-refractivity contribution is 0.483. The van der Waals surface area contributed by atoms with E-state index in [9.17, 15) is 0 Å². The first-order chi connectivity index (χ1) is 13.8. The summed E-state index contributed by atoms with van der Waals surface area (Å²) < 4.78 is 7.62. The van der Waals surface area contributed by atoms with Crippen LogP contribution in [0.5, 0.6) is 11.5 Å². The Balaban J connectivity index is 1.37. The topological polar surface area (TPSA) is 51.5 Å². The summed E-state index contributed by atoms with van der Waals surface area (Å²) in [6.45, 7) is 0. The van der Waals surface area contributed by atoms with Crippen LogP contribution in [0.1, 0.15) is 0 Å². The van der Waals surface area contributed by atoms with Gasteiger partial charge in [-0.2, -0.15) is 16.4 Å². The molecule has 5 aromatic rings. The first kappa shape index (κ1) is 16.5. The van der Waals surface area contributed by atoms with Gasteiger partial charge in [-0.25, -0.2) is 9.50 Å². The molecule has 3 heterocycles. The van der Waals surface area contributed by atoms with Crippen molar-refractivity contribution >= 4 is 28.5 Å². The highest BCUT2D eigenvalue weighted by Crippen LogP contribution is 2.27. The summed E-state index contributed by atoms with van der Waals surface area (Å²) in [5, 5.41) is 11.9. The highest BCUT2D eigenvalue weighted by molar-refractivity contribution is 7.08. The molecule has 0 spiro atoms. The Labute approximate surface area is 165 Å². The van der Waals surface area contributed by atoms with Gasteiger partial charge >= 0.3 is 0 Å². The predicted molar refractivity (Wildman–Crippen MR) is 113 cm³/mol. The van der Waals surface area contributed by atoms with Crippen LogP contribution in [0.15, 0.2) is 89.9 Å². The molecule has 136 valence electrons. The van der Waals surface area contributed by atoms with Gasteiger partial charge in [-0.15, -0.1) is 0 Å². The van der Waals surface area contributed by atoms with Crippen molar-refractivity contribution in [3.05, 3.63) is 89.9 Å². The molecule has 28 heavy (non-hydrogen) atoms. The van der Waals surface area contributed by atoms with E-state index in [-0.39, 0.29) is 0 Å². The van der Waals surface area contributed by atoms with Gasteiger partial charge in [0.25, 0.3) is 0 Å². The number of nitrogens with one attached hydrogen (secondary N) is 1. The molecule has 1 N–H and O–H groups in total. The van der Waals surface area contributed by atoms with Gasteiger partial charge in [0.05, 0.1) is 6.20 Å². The van der Waals surface area contributed by atoms with E-state index in [1.807, 2.05) is 73.1 Å². The second-order valence-corrected chi connectivity index (χ2v) is 7.00. The number of nitrogens with zero attached hydrogens (tertiary/aromatic N) is 3. The van der Waals surface area contributed by atoms with Crippen LogP contribution < -0.4 is 10.1 Å². The van der Waals surface area contributed by atoms with Crippen LogP contribution in [0.2, 0.25) is 0 Å². The monoisotopic (exact) mass is 384 g/mol. The van der Waals surface area contributed by atoms with E-state index >= 15 is 0 Å². The van der Waals surface area contributed by atoms with Crippen LogP contribution in [0.3, 0.4) is 0 Å². The fourth-order valence-electron chi connectivity index (χ4n) is 2.94. The van der Waals surface area contributed by atoms with E-state index < -0.39 is 0 Å². The van der Waals surface area contributed by atoms with Crippen LogP contribution >= 0.6 is 11.3 Å². The van der Waals surface area contributed by atoms with Gasteiger partial charge in [0, 0.05) is 17.4 Å². The van der Waals surface area contributed by atoms with Gasteiger partial charge in [-0.05, 0) is 64.9 Å². The van der Waals surface area contributed by atoms with Crippen molar-refractivity contribution in [2.45, 2.75) is 0 Å². The van der Waals surface area contributed by atoms with Crippen molar-refractivity contribution in [1.29, 1.82) is 0 Å². The van der Waals surface area contributed by atoms with Crippen LogP contribution in [-0.2, 0) is 0 Å². The van der Waals surface area contributed by atoms with Gasteiger partial charge in [-0.1, -0.05) is 18.2 Å². The standard InChI is InChI=1S/C22H16N4OS/c1-2-4-18(5-3-1)27-19-8-6-17(7-9-19)24-21-10-12-26-22(25-21)20(14-23-26)16-11-13-28-15-16/h1-15H,(H,24,25). The van der Waals surface area contributed by atoms with Crippen LogP contribution in [-0.4, -0.2) is 14.6 Å². The third-order valence-corrected chi connectivity index (χ3v) is 4.99. The molecule has 0 atom stereocenters. The summed E-state index contributed by atoms with van der Waals surface area (Å²) in [7, 11) is 0. The average Bonchev–Trinajstić information content (AvgIpc) is 3.39. The summed E-state index contributed by atoms with van der Waals surface area (Å²) in [4.78, 5) is 4.74. The van der Waals surface area contributed by atoms with Gasteiger partial charge in [0.15, 0.2) is 5.65 Å². The number of hydrogen-bond acceptors (Lipinski definition) is 5. The third-order valence-electron chi connectivity index (χ3n) is 4.31. The molecule has 0 aliphatic carbocycles. The van der Waals surface area contributed by atoms with E-state index in [0.717, 1.165) is 39.8 Å². The molecule has 0 saturated heterocycles. The lowest BCUT2D eigenvalue weighted by Gasteiger charge is -2.09. The highest BCUT2D eigenvalue weighted by atomic mass is 32.1. The number of fused-ring (bicyclic) bond motifs is 1. The summed E-state index contributed by atoms with van der Waals surface area (Å²) >= 11 is 1.66. The molecule has 5 rings (SSSR count).